The van der Waals surface area contributed by atoms with Crippen LogP contribution in [0.4, 0.5) is 0 Å². The Hall–Kier alpha value is -2.44. The summed E-state index contributed by atoms with van der Waals surface area (Å²) in [4.78, 5) is 16.5. The third kappa shape index (κ3) is 4.78. The maximum atomic E-state index is 12.4. The molecule has 0 saturated carbocycles. The van der Waals surface area contributed by atoms with Gasteiger partial charge in [0.1, 0.15) is 0 Å². The first kappa shape index (κ1) is 17.4. The van der Waals surface area contributed by atoms with Crippen LogP contribution in [-0.2, 0) is 16.1 Å². The van der Waals surface area contributed by atoms with Gasteiger partial charge in [-0.25, -0.2) is 4.98 Å². The van der Waals surface area contributed by atoms with Gasteiger partial charge >= 0.3 is 0 Å². The van der Waals surface area contributed by atoms with Crippen LogP contribution in [0.2, 0.25) is 0 Å². The van der Waals surface area contributed by atoms with Gasteiger partial charge in [-0.05, 0) is 18.1 Å². The van der Waals surface area contributed by atoms with Gasteiger partial charge in [0.25, 0.3) is 5.91 Å². The highest BCUT2D eigenvalue weighted by Crippen LogP contribution is 2.15. The number of nitrogens with zero attached hydrogens (tertiary/aromatic N) is 1. The van der Waals surface area contributed by atoms with Gasteiger partial charge in [-0.3, -0.25) is 4.79 Å². The third-order valence-electron chi connectivity index (χ3n) is 4.12. The van der Waals surface area contributed by atoms with Crippen LogP contribution < -0.4 is 10.1 Å². The molecule has 132 valence electrons. The van der Waals surface area contributed by atoms with E-state index in [1.54, 1.807) is 12.1 Å². The molecule has 1 fully saturated rings. The predicted molar refractivity (Wildman–Crippen MR) is 92.5 cm³/mol. The van der Waals surface area contributed by atoms with Crippen molar-refractivity contribution >= 4 is 5.91 Å². The van der Waals surface area contributed by atoms with Crippen molar-refractivity contribution in [1.29, 1.82) is 0 Å². The Balaban J connectivity index is 1.59. The molecule has 6 nitrogen and oxygen atoms in total. The fraction of sp³-hybridized carbons (Fsp3) is 0.368. The van der Waals surface area contributed by atoms with E-state index in [0.717, 1.165) is 12.0 Å². The number of amides is 1. The van der Waals surface area contributed by atoms with Gasteiger partial charge in [-0.2, -0.15) is 0 Å². The van der Waals surface area contributed by atoms with Gasteiger partial charge in [0.05, 0.1) is 38.0 Å². The molecule has 6 heteroatoms. The highest BCUT2D eigenvalue weighted by Gasteiger charge is 2.28. The highest BCUT2D eigenvalue weighted by molar-refractivity contribution is 5.94. The molecule has 1 amide bonds. The average Bonchev–Trinajstić information content (AvgIpc) is 2.68. The maximum absolute atomic E-state index is 12.4. The minimum Gasteiger partial charge on any atom is -0.481 e. The van der Waals surface area contributed by atoms with E-state index < -0.39 is 0 Å². The molecule has 0 spiro atoms. The zero-order valence-corrected chi connectivity index (χ0v) is 14.2. The second-order valence-electron chi connectivity index (χ2n) is 5.87. The van der Waals surface area contributed by atoms with Crippen LogP contribution in [0, 0.1) is 0 Å². The number of hydrogen-bond acceptors (Lipinski definition) is 5. The number of methoxy groups -OCH3 is 1. The second-order valence-corrected chi connectivity index (χ2v) is 5.87. The second kappa shape index (κ2) is 8.60. The summed E-state index contributed by atoms with van der Waals surface area (Å²) < 4.78 is 16.5. The van der Waals surface area contributed by atoms with Crippen molar-refractivity contribution in [3.05, 3.63) is 59.8 Å². The predicted octanol–water partition coefficient (Wildman–Crippen LogP) is 2.19. The molecule has 0 unspecified atom stereocenters. The van der Waals surface area contributed by atoms with E-state index in [2.05, 4.69) is 10.3 Å². The number of nitrogens with one attached hydrogen (secondary N) is 1. The fourth-order valence-electron chi connectivity index (χ4n) is 2.72. The molecule has 2 aromatic rings. The summed E-state index contributed by atoms with van der Waals surface area (Å²) >= 11 is 0. The van der Waals surface area contributed by atoms with Crippen LogP contribution in [0.5, 0.6) is 5.88 Å². The number of aromatic nitrogens is 1. The lowest BCUT2D eigenvalue weighted by Crippen LogP contribution is -2.50. The molecule has 0 bridgehead atoms. The summed E-state index contributed by atoms with van der Waals surface area (Å²) in [5.74, 6) is 0.278. The topological polar surface area (TPSA) is 69.7 Å². The van der Waals surface area contributed by atoms with Crippen LogP contribution in [0.15, 0.2) is 48.7 Å². The van der Waals surface area contributed by atoms with Gasteiger partial charge in [-0.1, -0.05) is 30.3 Å². The quantitative estimate of drug-likeness (QED) is 0.871. The first-order chi connectivity index (χ1) is 12.3. The van der Waals surface area contributed by atoms with E-state index >= 15 is 0 Å². The normalized spacial score (nSPS) is 20.0. The largest absolute Gasteiger partial charge is 0.481 e. The summed E-state index contributed by atoms with van der Waals surface area (Å²) in [6.45, 7) is 1.59. The summed E-state index contributed by atoms with van der Waals surface area (Å²) in [5, 5.41) is 2.99. The van der Waals surface area contributed by atoms with Gasteiger partial charge in [-0.15, -0.1) is 0 Å². The monoisotopic (exact) mass is 342 g/mol. The number of hydrogen-bond donors (Lipinski definition) is 1. The third-order valence-corrected chi connectivity index (χ3v) is 4.12. The molecular weight excluding hydrogens is 320 g/mol. The van der Waals surface area contributed by atoms with Gasteiger partial charge < -0.3 is 19.5 Å². The molecular formula is C19H22N2O4. The molecule has 1 aliphatic heterocycles. The number of pyridine rings is 1. The van der Waals surface area contributed by atoms with Gasteiger partial charge in [0.2, 0.25) is 5.88 Å². The van der Waals surface area contributed by atoms with E-state index in [0.29, 0.717) is 31.3 Å². The lowest BCUT2D eigenvalue weighted by atomic mass is 10.1. The van der Waals surface area contributed by atoms with Crippen molar-refractivity contribution in [2.24, 2.45) is 0 Å². The molecule has 2 atom stereocenters. The zero-order valence-electron chi connectivity index (χ0n) is 14.2. The smallest absolute Gasteiger partial charge is 0.253 e. The van der Waals surface area contributed by atoms with Crippen LogP contribution in [-0.4, -0.2) is 43.4 Å². The SMILES string of the molecule is COc1ccc(C(=O)N[C@@H]2COCC[C@@H]2OCc2ccccc2)cn1. The van der Waals surface area contributed by atoms with Crippen molar-refractivity contribution in [1.82, 2.24) is 10.3 Å². The summed E-state index contributed by atoms with van der Waals surface area (Å²) in [6.07, 6.45) is 2.17. The summed E-state index contributed by atoms with van der Waals surface area (Å²) in [7, 11) is 1.54. The number of ether oxygens (including phenoxy) is 3. The Kier molecular flexibility index (Phi) is 5.98. The highest BCUT2D eigenvalue weighted by atomic mass is 16.5. The van der Waals surface area contributed by atoms with Crippen LogP contribution in [0.1, 0.15) is 22.3 Å². The van der Waals surface area contributed by atoms with Gasteiger partial charge in [0, 0.05) is 18.9 Å². The number of rotatable bonds is 6. The van der Waals surface area contributed by atoms with Crippen LogP contribution in [0.25, 0.3) is 0 Å². The van der Waals surface area contributed by atoms with E-state index in [4.69, 9.17) is 14.2 Å². The van der Waals surface area contributed by atoms with E-state index in [1.165, 1.54) is 13.3 Å². The van der Waals surface area contributed by atoms with Crippen LogP contribution in [0.3, 0.4) is 0 Å². The molecule has 2 heterocycles. The fourth-order valence-corrected chi connectivity index (χ4v) is 2.72. The lowest BCUT2D eigenvalue weighted by molar-refractivity contribution is -0.0605. The molecule has 1 aromatic heterocycles. The molecule has 1 saturated heterocycles. The minimum absolute atomic E-state index is 0.0795. The maximum Gasteiger partial charge on any atom is 0.253 e. The molecule has 25 heavy (non-hydrogen) atoms. The average molecular weight is 342 g/mol. The Morgan fingerprint density at radius 1 is 1.28 bits per heavy atom. The zero-order chi connectivity index (χ0) is 17.5. The number of carbonyl (C=O) groups is 1. The van der Waals surface area contributed by atoms with Crippen molar-refractivity contribution in [2.45, 2.75) is 25.2 Å². The standard InChI is InChI=1S/C19H22N2O4/c1-23-18-8-7-15(11-20-18)19(22)21-16-13-24-10-9-17(16)25-12-14-5-3-2-4-6-14/h2-8,11,16-17H,9-10,12-13H2,1H3,(H,21,22)/t16-,17+/m1/s1. The molecule has 1 N–H and O–H groups in total. The molecule has 0 aliphatic carbocycles. The Morgan fingerprint density at radius 3 is 2.84 bits per heavy atom. The van der Waals surface area contributed by atoms with E-state index in [1.807, 2.05) is 30.3 Å². The Morgan fingerprint density at radius 2 is 2.12 bits per heavy atom. The first-order valence-electron chi connectivity index (χ1n) is 8.30. The van der Waals surface area contributed by atoms with Gasteiger partial charge in [0.15, 0.2) is 0 Å². The Labute approximate surface area is 147 Å². The van der Waals surface area contributed by atoms with E-state index in [9.17, 15) is 4.79 Å². The Bertz CT molecular complexity index is 676. The number of carbonyl (C=O) groups excluding carboxylic acids is 1. The summed E-state index contributed by atoms with van der Waals surface area (Å²) in [5.41, 5.74) is 1.59. The summed E-state index contributed by atoms with van der Waals surface area (Å²) in [6, 6.07) is 13.2. The van der Waals surface area contributed by atoms with Crippen molar-refractivity contribution in [2.75, 3.05) is 20.3 Å². The number of benzene rings is 1. The van der Waals surface area contributed by atoms with Crippen molar-refractivity contribution in [3.8, 4) is 5.88 Å². The molecule has 0 radical (unpaired) electrons. The van der Waals surface area contributed by atoms with Crippen molar-refractivity contribution in [3.63, 3.8) is 0 Å². The molecule has 3 rings (SSSR count). The van der Waals surface area contributed by atoms with Crippen LogP contribution >= 0.6 is 0 Å². The lowest BCUT2D eigenvalue weighted by Gasteiger charge is -2.32. The first-order valence-corrected chi connectivity index (χ1v) is 8.30. The van der Waals surface area contributed by atoms with Crippen molar-refractivity contribution < 1.29 is 19.0 Å². The molecule has 1 aliphatic rings. The minimum atomic E-state index is -0.195. The van der Waals surface area contributed by atoms with E-state index in [-0.39, 0.29) is 18.1 Å². The molecule has 1 aromatic carbocycles.